The molecule has 1 saturated heterocycles. The highest BCUT2D eigenvalue weighted by atomic mass is 35.5. The standard InChI is InChI=1S/C18H18ClF4N3O/c1-25-9-13(15(24-25)17(22)23)18(27)26-6-2-3-12(26)7-10-4-5-11(16(20)21)8-14(10)19/h4-5,8-9,12,16-17H,2-3,6-7H2,1H3. The topological polar surface area (TPSA) is 38.1 Å². The minimum atomic E-state index is -2.84. The lowest BCUT2D eigenvalue weighted by molar-refractivity contribution is 0.0724. The number of hydrogen-bond acceptors (Lipinski definition) is 2. The van der Waals surface area contributed by atoms with Crippen LogP contribution in [-0.4, -0.2) is 33.2 Å². The largest absolute Gasteiger partial charge is 0.335 e. The Morgan fingerprint density at radius 3 is 2.67 bits per heavy atom. The van der Waals surface area contributed by atoms with Gasteiger partial charge in [0.25, 0.3) is 18.8 Å². The van der Waals surface area contributed by atoms with Gasteiger partial charge in [0.05, 0.1) is 5.56 Å². The molecule has 1 aromatic heterocycles. The molecule has 2 aromatic rings. The lowest BCUT2D eigenvalue weighted by Gasteiger charge is -2.25. The number of rotatable bonds is 5. The third-order valence-electron chi connectivity index (χ3n) is 4.72. The maximum atomic E-state index is 13.2. The van der Waals surface area contributed by atoms with Crippen molar-refractivity contribution in [3.05, 3.63) is 51.8 Å². The molecule has 1 fully saturated rings. The number of carbonyl (C=O) groups is 1. The van der Waals surface area contributed by atoms with E-state index in [0.717, 1.165) is 6.42 Å². The summed E-state index contributed by atoms with van der Waals surface area (Å²) in [5, 5.41) is 3.89. The first-order valence-corrected chi connectivity index (χ1v) is 8.85. The summed E-state index contributed by atoms with van der Waals surface area (Å²) in [6.45, 7) is 0.438. The molecule has 9 heteroatoms. The molecule has 4 nitrogen and oxygen atoms in total. The van der Waals surface area contributed by atoms with Gasteiger partial charge in [-0.05, 0) is 30.9 Å². The number of likely N-dealkylation sites (tertiary alicyclic amines) is 1. The average Bonchev–Trinajstić information content (AvgIpc) is 3.22. The molecule has 27 heavy (non-hydrogen) atoms. The quantitative estimate of drug-likeness (QED) is 0.673. The van der Waals surface area contributed by atoms with E-state index >= 15 is 0 Å². The van der Waals surface area contributed by atoms with Crippen LogP contribution in [0.15, 0.2) is 24.4 Å². The van der Waals surface area contributed by atoms with Gasteiger partial charge in [0.2, 0.25) is 0 Å². The summed E-state index contributed by atoms with van der Waals surface area (Å²) >= 11 is 6.12. The number of aryl methyl sites for hydroxylation is 1. The highest BCUT2D eigenvalue weighted by Crippen LogP contribution is 2.30. The number of halogens is 5. The highest BCUT2D eigenvalue weighted by Gasteiger charge is 2.33. The number of benzene rings is 1. The Morgan fingerprint density at radius 2 is 2.04 bits per heavy atom. The fraction of sp³-hybridized carbons (Fsp3) is 0.444. The zero-order valence-electron chi connectivity index (χ0n) is 14.5. The molecule has 1 unspecified atom stereocenters. The van der Waals surface area contributed by atoms with E-state index in [4.69, 9.17) is 11.6 Å². The Hall–Kier alpha value is -2.09. The molecule has 146 valence electrons. The summed E-state index contributed by atoms with van der Waals surface area (Å²) in [6, 6.07) is 3.82. The Bertz CT molecular complexity index is 840. The number of carbonyl (C=O) groups excluding carboxylic acids is 1. The minimum absolute atomic E-state index is 0.112. The molecule has 0 saturated carbocycles. The van der Waals surface area contributed by atoms with Crippen LogP contribution in [0.25, 0.3) is 0 Å². The number of aromatic nitrogens is 2. The summed E-state index contributed by atoms with van der Waals surface area (Å²) in [5.41, 5.74) is -0.169. The maximum absolute atomic E-state index is 13.2. The van der Waals surface area contributed by atoms with Crippen LogP contribution in [-0.2, 0) is 13.5 Å². The summed E-state index contributed by atoms with van der Waals surface area (Å²) in [7, 11) is 1.48. The molecule has 1 aliphatic heterocycles. The predicted molar refractivity (Wildman–Crippen MR) is 92.3 cm³/mol. The third-order valence-corrected chi connectivity index (χ3v) is 5.07. The van der Waals surface area contributed by atoms with Crippen LogP contribution in [0.3, 0.4) is 0 Å². The van der Waals surface area contributed by atoms with Crippen LogP contribution in [0.4, 0.5) is 17.6 Å². The van der Waals surface area contributed by atoms with E-state index in [9.17, 15) is 22.4 Å². The van der Waals surface area contributed by atoms with Crippen molar-refractivity contribution in [1.82, 2.24) is 14.7 Å². The van der Waals surface area contributed by atoms with Crippen LogP contribution in [0.5, 0.6) is 0 Å². The van der Waals surface area contributed by atoms with E-state index in [2.05, 4.69) is 5.10 Å². The Kier molecular flexibility index (Phi) is 5.74. The van der Waals surface area contributed by atoms with Crippen LogP contribution in [0.1, 0.15) is 52.9 Å². The Balaban J connectivity index is 1.81. The predicted octanol–water partition coefficient (Wildman–Crippen LogP) is 4.80. The van der Waals surface area contributed by atoms with Gasteiger partial charge in [-0.25, -0.2) is 17.6 Å². The Labute approximate surface area is 158 Å². The molecule has 1 aliphatic rings. The van der Waals surface area contributed by atoms with Gasteiger partial charge in [-0.15, -0.1) is 0 Å². The zero-order valence-corrected chi connectivity index (χ0v) is 15.3. The highest BCUT2D eigenvalue weighted by molar-refractivity contribution is 6.31. The molecule has 0 bridgehead atoms. The van der Waals surface area contributed by atoms with E-state index < -0.39 is 24.5 Å². The monoisotopic (exact) mass is 403 g/mol. The van der Waals surface area contributed by atoms with Crippen molar-refractivity contribution in [2.75, 3.05) is 6.54 Å². The van der Waals surface area contributed by atoms with E-state index in [1.54, 1.807) is 4.90 Å². The van der Waals surface area contributed by atoms with Gasteiger partial charge in [0.1, 0.15) is 5.69 Å². The Morgan fingerprint density at radius 1 is 1.30 bits per heavy atom. The first-order chi connectivity index (χ1) is 12.8. The van der Waals surface area contributed by atoms with E-state index in [-0.39, 0.29) is 22.2 Å². The van der Waals surface area contributed by atoms with E-state index in [1.807, 2.05) is 0 Å². The van der Waals surface area contributed by atoms with Crippen LogP contribution < -0.4 is 0 Å². The molecule has 0 aliphatic carbocycles. The summed E-state index contributed by atoms with van der Waals surface area (Å²) in [5.74, 6) is -0.499. The number of alkyl halides is 4. The van der Waals surface area contributed by atoms with Gasteiger partial charge < -0.3 is 4.90 Å². The van der Waals surface area contributed by atoms with Crippen molar-refractivity contribution in [3.63, 3.8) is 0 Å². The fourth-order valence-electron chi connectivity index (χ4n) is 3.42. The van der Waals surface area contributed by atoms with Crippen molar-refractivity contribution >= 4 is 17.5 Å². The molecule has 1 atom stereocenters. The lowest BCUT2D eigenvalue weighted by atomic mass is 10.0. The first-order valence-electron chi connectivity index (χ1n) is 8.47. The molecular formula is C18H18ClF4N3O. The van der Waals surface area contributed by atoms with Gasteiger partial charge in [0.15, 0.2) is 0 Å². The minimum Gasteiger partial charge on any atom is -0.335 e. The summed E-state index contributed by atoms with van der Waals surface area (Å²) in [4.78, 5) is 14.4. The zero-order chi connectivity index (χ0) is 19.7. The van der Waals surface area contributed by atoms with Crippen molar-refractivity contribution in [2.24, 2.45) is 7.05 Å². The lowest BCUT2D eigenvalue weighted by Crippen LogP contribution is -2.37. The van der Waals surface area contributed by atoms with Gasteiger partial charge in [-0.2, -0.15) is 5.10 Å². The van der Waals surface area contributed by atoms with E-state index in [0.29, 0.717) is 24.9 Å². The van der Waals surface area contributed by atoms with Crippen LogP contribution in [0, 0.1) is 0 Å². The molecule has 1 amide bonds. The second-order valence-corrected chi connectivity index (χ2v) is 6.96. The molecule has 1 aromatic carbocycles. The van der Waals surface area contributed by atoms with Gasteiger partial charge >= 0.3 is 0 Å². The maximum Gasteiger partial charge on any atom is 0.282 e. The SMILES string of the molecule is Cn1cc(C(=O)N2CCCC2Cc2ccc(C(F)F)cc2Cl)c(C(F)F)n1. The second kappa shape index (κ2) is 7.88. The molecule has 2 heterocycles. The molecule has 0 N–H and O–H groups in total. The number of hydrogen-bond donors (Lipinski definition) is 0. The first kappa shape index (κ1) is 19.7. The normalized spacial score (nSPS) is 17.3. The smallest absolute Gasteiger partial charge is 0.282 e. The molecule has 0 radical (unpaired) electrons. The van der Waals surface area contributed by atoms with Crippen molar-refractivity contribution in [1.29, 1.82) is 0 Å². The second-order valence-electron chi connectivity index (χ2n) is 6.55. The molecule has 3 rings (SSSR count). The molecular weight excluding hydrogens is 386 g/mol. The van der Waals surface area contributed by atoms with Crippen molar-refractivity contribution in [3.8, 4) is 0 Å². The van der Waals surface area contributed by atoms with Gasteiger partial charge in [-0.3, -0.25) is 9.48 Å². The van der Waals surface area contributed by atoms with Crippen molar-refractivity contribution in [2.45, 2.75) is 38.2 Å². The molecule has 0 spiro atoms. The fourth-order valence-corrected chi connectivity index (χ4v) is 3.69. The van der Waals surface area contributed by atoms with Crippen LogP contribution in [0.2, 0.25) is 5.02 Å². The third kappa shape index (κ3) is 4.10. The number of nitrogens with zero attached hydrogens (tertiary/aromatic N) is 3. The van der Waals surface area contributed by atoms with Gasteiger partial charge in [-0.1, -0.05) is 23.7 Å². The summed E-state index contributed by atoms with van der Waals surface area (Å²) < 4.78 is 53.0. The average molecular weight is 404 g/mol. The van der Waals surface area contributed by atoms with Crippen molar-refractivity contribution < 1.29 is 22.4 Å². The number of amides is 1. The van der Waals surface area contributed by atoms with Gasteiger partial charge in [0, 0.05) is 36.4 Å². The summed E-state index contributed by atoms with van der Waals surface area (Å²) in [6.07, 6.45) is -2.37. The van der Waals surface area contributed by atoms with Crippen LogP contribution >= 0.6 is 11.6 Å². The van der Waals surface area contributed by atoms with E-state index in [1.165, 1.54) is 36.1 Å².